The van der Waals surface area contributed by atoms with Crippen LogP contribution in [-0.2, 0) is 5.41 Å². The number of para-hydroxylation sites is 2. The van der Waals surface area contributed by atoms with E-state index in [1.165, 1.54) is 70.9 Å². The van der Waals surface area contributed by atoms with Crippen LogP contribution < -0.4 is 9.80 Å². The molecule has 0 atom stereocenters. The van der Waals surface area contributed by atoms with Crippen molar-refractivity contribution in [1.82, 2.24) is 0 Å². The summed E-state index contributed by atoms with van der Waals surface area (Å²) in [4.78, 5) is 4.72. The molecule has 2 heterocycles. The molecule has 0 saturated carbocycles. The molecular formula is C43H32N2S2. The molecule has 0 bridgehead atoms. The molecule has 4 heteroatoms. The molecule has 1 aliphatic rings. The van der Waals surface area contributed by atoms with Crippen molar-refractivity contribution in [2.24, 2.45) is 0 Å². The van der Waals surface area contributed by atoms with Gasteiger partial charge < -0.3 is 9.80 Å². The van der Waals surface area contributed by atoms with E-state index in [1.807, 2.05) is 0 Å². The van der Waals surface area contributed by atoms with Crippen molar-refractivity contribution in [2.75, 3.05) is 9.80 Å². The second-order valence-electron chi connectivity index (χ2n) is 12.7. The summed E-state index contributed by atoms with van der Waals surface area (Å²) in [6.07, 6.45) is 0. The number of thiophene rings is 2. The molecule has 9 rings (SSSR count). The lowest BCUT2D eigenvalue weighted by molar-refractivity contribution is 0.661. The van der Waals surface area contributed by atoms with E-state index in [9.17, 15) is 0 Å². The van der Waals surface area contributed by atoms with Gasteiger partial charge in [0, 0.05) is 28.2 Å². The first kappa shape index (κ1) is 28.1. The molecule has 0 aliphatic heterocycles. The summed E-state index contributed by atoms with van der Waals surface area (Å²) >= 11 is 3.53. The van der Waals surface area contributed by atoms with E-state index in [0.29, 0.717) is 0 Å². The monoisotopic (exact) mass is 640 g/mol. The van der Waals surface area contributed by atoms with Gasteiger partial charge in [0.15, 0.2) is 0 Å². The van der Waals surface area contributed by atoms with Crippen LogP contribution in [-0.4, -0.2) is 0 Å². The van der Waals surface area contributed by atoms with Crippen LogP contribution in [0.3, 0.4) is 0 Å². The molecule has 0 unspecified atom stereocenters. The first-order valence-corrected chi connectivity index (χ1v) is 17.7. The lowest BCUT2D eigenvalue weighted by Gasteiger charge is -2.27. The summed E-state index contributed by atoms with van der Waals surface area (Å²) < 4.78 is 0. The van der Waals surface area contributed by atoms with Crippen LogP contribution in [0.15, 0.2) is 156 Å². The van der Waals surface area contributed by atoms with E-state index < -0.39 is 0 Å². The maximum Gasteiger partial charge on any atom is 0.0999 e. The van der Waals surface area contributed by atoms with Gasteiger partial charge in [0.2, 0.25) is 0 Å². The van der Waals surface area contributed by atoms with Crippen molar-refractivity contribution in [2.45, 2.75) is 19.3 Å². The highest BCUT2D eigenvalue weighted by Crippen LogP contribution is 2.52. The molecule has 0 radical (unpaired) electrons. The Bertz CT molecular complexity index is 2380. The number of benzene rings is 6. The largest absolute Gasteiger partial charge is 0.302 e. The van der Waals surface area contributed by atoms with Crippen LogP contribution in [0, 0.1) is 0 Å². The molecule has 0 amide bonds. The molecule has 0 spiro atoms. The lowest BCUT2D eigenvalue weighted by atomic mass is 9.81. The fourth-order valence-corrected chi connectivity index (χ4v) is 8.78. The molecular weight excluding hydrogens is 609 g/mol. The normalized spacial score (nSPS) is 13.1. The Labute approximate surface area is 283 Å². The Kier molecular flexibility index (Phi) is 6.56. The minimum atomic E-state index is -0.123. The van der Waals surface area contributed by atoms with Crippen molar-refractivity contribution in [3.8, 4) is 11.1 Å². The lowest BCUT2D eigenvalue weighted by Crippen LogP contribution is -2.16. The summed E-state index contributed by atoms with van der Waals surface area (Å²) in [5.41, 5.74) is 10.0. The predicted molar refractivity (Wildman–Crippen MR) is 204 cm³/mol. The molecule has 8 aromatic rings. The van der Waals surface area contributed by atoms with Gasteiger partial charge in [0.1, 0.15) is 0 Å². The maximum absolute atomic E-state index is 2.44. The molecule has 0 N–H and O–H groups in total. The molecule has 2 aromatic heterocycles. The van der Waals surface area contributed by atoms with E-state index in [1.54, 1.807) is 22.7 Å². The summed E-state index contributed by atoms with van der Waals surface area (Å²) in [5.74, 6) is 0. The minimum Gasteiger partial charge on any atom is -0.302 e. The van der Waals surface area contributed by atoms with Crippen LogP contribution >= 0.6 is 22.7 Å². The van der Waals surface area contributed by atoms with Crippen LogP contribution in [0.25, 0.3) is 32.7 Å². The fraction of sp³-hybridized carbons (Fsp3) is 0.0698. The maximum atomic E-state index is 2.44. The highest BCUT2D eigenvalue weighted by Gasteiger charge is 2.36. The topological polar surface area (TPSA) is 6.48 Å². The third kappa shape index (κ3) is 4.67. The molecule has 0 saturated heterocycles. The zero-order valence-electron chi connectivity index (χ0n) is 26.2. The summed E-state index contributed by atoms with van der Waals surface area (Å²) in [6, 6.07) is 53.5. The Hall–Kier alpha value is -5.16. The SMILES string of the molecule is CC1(C)c2cc(N(c3ccccc3)c3cccs3)ccc2-c2cc3cc4cc(N(c5ccccc5)c5cccs5)ccc4cc3cc21. The zero-order valence-corrected chi connectivity index (χ0v) is 27.9. The Morgan fingerprint density at radius 1 is 0.404 bits per heavy atom. The van der Waals surface area contributed by atoms with Crippen molar-refractivity contribution in [3.63, 3.8) is 0 Å². The fourth-order valence-electron chi connectivity index (χ4n) is 7.24. The summed E-state index contributed by atoms with van der Waals surface area (Å²) in [5, 5.41) is 11.8. The molecule has 226 valence electrons. The molecule has 0 fully saturated rings. The Balaban J connectivity index is 1.16. The summed E-state index contributed by atoms with van der Waals surface area (Å²) in [7, 11) is 0. The van der Waals surface area contributed by atoms with Crippen LogP contribution in [0.1, 0.15) is 25.0 Å². The van der Waals surface area contributed by atoms with Gasteiger partial charge >= 0.3 is 0 Å². The standard InChI is InChI=1S/C43H32N2S2/c1-43(2)39-27-32-23-29-17-18-35(44(41-15-9-21-46-41)33-11-5-3-6-12-33)25-30(29)24-31(32)26-38(39)37-20-19-36(28-40(37)43)45(42-16-10-22-47-42)34-13-7-4-8-14-34/h3-28H,1-2H3. The van der Waals surface area contributed by atoms with Gasteiger partial charge in [-0.1, -0.05) is 62.4 Å². The molecule has 2 nitrogen and oxygen atoms in total. The average molecular weight is 641 g/mol. The average Bonchev–Trinajstić information content (AvgIpc) is 3.87. The number of fused-ring (bicyclic) bond motifs is 5. The highest BCUT2D eigenvalue weighted by molar-refractivity contribution is 7.14. The second kappa shape index (κ2) is 11.0. The number of hydrogen-bond donors (Lipinski definition) is 0. The van der Waals surface area contributed by atoms with E-state index >= 15 is 0 Å². The van der Waals surface area contributed by atoms with Gasteiger partial charge in [0.05, 0.1) is 10.0 Å². The van der Waals surface area contributed by atoms with E-state index in [2.05, 4.69) is 180 Å². The number of anilines is 6. The van der Waals surface area contributed by atoms with Crippen LogP contribution in [0.2, 0.25) is 0 Å². The van der Waals surface area contributed by atoms with Crippen molar-refractivity contribution >= 4 is 77.0 Å². The second-order valence-corrected chi connectivity index (χ2v) is 14.6. The third-order valence-electron chi connectivity index (χ3n) is 9.55. The van der Waals surface area contributed by atoms with E-state index in [0.717, 1.165) is 5.69 Å². The van der Waals surface area contributed by atoms with Crippen LogP contribution in [0.5, 0.6) is 0 Å². The van der Waals surface area contributed by atoms with Gasteiger partial charge in [0.25, 0.3) is 0 Å². The van der Waals surface area contributed by atoms with Gasteiger partial charge in [-0.2, -0.15) is 0 Å². The number of nitrogens with zero attached hydrogens (tertiary/aromatic N) is 2. The first-order valence-electron chi connectivity index (χ1n) is 16.0. The van der Waals surface area contributed by atoms with Gasteiger partial charge in [-0.3, -0.25) is 0 Å². The van der Waals surface area contributed by atoms with Gasteiger partial charge in [-0.05, 0) is 152 Å². The molecule has 47 heavy (non-hydrogen) atoms. The number of rotatable bonds is 6. The number of hydrogen-bond acceptors (Lipinski definition) is 4. The smallest absolute Gasteiger partial charge is 0.0999 e. The quantitative estimate of drug-likeness (QED) is 0.167. The Morgan fingerprint density at radius 3 is 1.55 bits per heavy atom. The first-order chi connectivity index (χ1) is 23.0. The van der Waals surface area contributed by atoms with Gasteiger partial charge in [-0.25, -0.2) is 0 Å². The van der Waals surface area contributed by atoms with Crippen molar-refractivity contribution < 1.29 is 0 Å². The van der Waals surface area contributed by atoms with Crippen molar-refractivity contribution in [1.29, 1.82) is 0 Å². The third-order valence-corrected chi connectivity index (χ3v) is 11.3. The van der Waals surface area contributed by atoms with E-state index in [4.69, 9.17) is 0 Å². The Morgan fingerprint density at radius 2 is 0.936 bits per heavy atom. The van der Waals surface area contributed by atoms with Crippen LogP contribution in [0.4, 0.5) is 32.8 Å². The minimum absolute atomic E-state index is 0.123. The summed E-state index contributed by atoms with van der Waals surface area (Å²) in [6.45, 7) is 4.75. The van der Waals surface area contributed by atoms with E-state index in [-0.39, 0.29) is 5.41 Å². The predicted octanol–water partition coefficient (Wildman–Crippen LogP) is 13.4. The molecule has 1 aliphatic carbocycles. The highest BCUT2D eigenvalue weighted by atomic mass is 32.1. The van der Waals surface area contributed by atoms with Gasteiger partial charge in [-0.15, -0.1) is 22.7 Å². The molecule has 6 aromatic carbocycles. The van der Waals surface area contributed by atoms with Crippen molar-refractivity contribution in [3.05, 3.63) is 167 Å². The zero-order chi connectivity index (χ0) is 31.5.